The normalized spacial score (nSPS) is 18.0. The van der Waals surface area contributed by atoms with Gasteiger partial charge in [0.05, 0.1) is 4.92 Å². The number of anilines is 1. The van der Waals surface area contributed by atoms with E-state index in [1.54, 1.807) is 0 Å². The molecule has 5 heteroatoms. The van der Waals surface area contributed by atoms with Crippen LogP contribution < -0.4 is 5.32 Å². The molecule has 0 aromatic heterocycles. The fraction of sp³-hybridized carbons (Fsp3) is 0.571. The smallest absolute Gasteiger partial charge is 0.292 e. The van der Waals surface area contributed by atoms with Crippen LogP contribution in [-0.4, -0.2) is 11.0 Å². The van der Waals surface area contributed by atoms with Crippen LogP contribution in [0, 0.1) is 21.8 Å². The van der Waals surface area contributed by atoms with E-state index >= 15 is 0 Å². The average Bonchev–Trinajstić information content (AvgIpc) is 2.39. The third-order valence-corrected chi connectivity index (χ3v) is 3.90. The van der Waals surface area contributed by atoms with Gasteiger partial charge in [-0.15, -0.1) is 0 Å². The minimum Gasteiger partial charge on any atom is -0.377 e. The summed E-state index contributed by atoms with van der Waals surface area (Å²) < 4.78 is 13.2. The number of nitrogens with one attached hydrogen (secondary N) is 1. The summed E-state index contributed by atoms with van der Waals surface area (Å²) in [5.74, 6) is 0.0561. The van der Waals surface area contributed by atoms with Crippen LogP contribution in [-0.2, 0) is 0 Å². The third-order valence-electron chi connectivity index (χ3n) is 3.90. The van der Waals surface area contributed by atoms with E-state index in [0.717, 1.165) is 18.9 Å². The minimum atomic E-state index is -0.477. The number of benzene rings is 1. The number of nitro benzene ring substituents is 1. The van der Waals surface area contributed by atoms with Gasteiger partial charge < -0.3 is 5.32 Å². The molecule has 2 rings (SSSR count). The van der Waals surface area contributed by atoms with Crippen LogP contribution in [0.4, 0.5) is 15.8 Å². The fourth-order valence-corrected chi connectivity index (χ4v) is 2.78. The van der Waals surface area contributed by atoms with Gasteiger partial charge in [0.2, 0.25) is 0 Å². The average molecular weight is 266 g/mol. The Morgan fingerprint density at radius 3 is 2.68 bits per heavy atom. The van der Waals surface area contributed by atoms with E-state index in [9.17, 15) is 14.5 Å². The summed E-state index contributed by atoms with van der Waals surface area (Å²) in [6.07, 6.45) is 5.96. The first kappa shape index (κ1) is 13.8. The molecule has 1 aliphatic rings. The Morgan fingerprint density at radius 1 is 1.37 bits per heavy atom. The Labute approximate surface area is 112 Å². The zero-order valence-electron chi connectivity index (χ0n) is 11.1. The molecule has 4 nitrogen and oxygen atoms in total. The van der Waals surface area contributed by atoms with E-state index < -0.39 is 10.7 Å². The molecule has 0 amide bonds. The molecular formula is C14H19FN2O2. The van der Waals surface area contributed by atoms with Gasteiger partial charge in [-0.2, -0.15) is 0 Å². The highest BCUT2D eigenvalue weighted by Crippen LogP contribution is 2.31. The van der Waals surface area contributed by atoms with Crippen LogP contribution in [0.15, 0.2) is 18.2 Å². The fourth-order valence-electron chi connectivity index (χ4n) is 2.78. The van der Waals surface area contributed by atoms with E-state index in [4.69, 9.17) is 0 Å². The van der Waals surface area contributed by atoms with Gasteiger partial charge in [-0.05, 0) is 31.7 Å². The van der Waals surface area contributed by atoms with Crippen molar-refractivity contribution in [1.29, 1.82) is 0 Å². The van der Waals surface area contributed by atoms with Crippen molar-refractivity contribution in [3.05, 3.63) is 34.1 Å². The van der Waals surface area contributed by atoms with Crippen molar-refractivity contribution in [2.24, 2.45) is 5.92 Å². The maximum absolute atomic E-state index is 13.2. The second kappa shape index (κ2) is 5.99. The van der Waals surface area contributed by atoms with Gasteiger partial charge in [0.15, 0.2) is 0 Å². The van der Waals surface area contributed by atoms with Crippen molar-refractivity contribution in [1.82, 2.24) is 0 Å². The molecule has 1 fully saturated rings. The van der Waals surface area contributed by atoms with Crippen molar-refractivity contribution in [3.8, 4) is 0 Å². The number of hydrogen-bond donors (Lipinski definition) is 1. The molecule has 1 aromatic carbocycles. The van der Waals surface area contributed by atoms with Gasteiger partial charge in [-0.3, -0.25) is 10.1 Å². The van der Waals surface area contributed by atoms with Crippen molar-refractivity contribution in [3.63, 3.8) is 0 Å². The maximum Gasteiger partial charge on any atom is 0.292 e. The molecule has 0 heterocycles. The zero-order chi connectivity index (χ0) is 13.8. The number of nitrogens with zero attached hydrogens (tertiary/aromatic N) is 1. The minimum absolute atomic E-state index is 0.0657. The number of halogens is 1. The highest BCUT2D eigenvalue weighted by atomic mass is 19.1. The Balaban J connectivity index is 2.12. The zero-order valence-corrected chi connectivity index (χ0v) is 11.1. The molecule has 1 atom stereocenters. The van der Waals surface area contributed by atoms with Crippen molar-refractivity contribution in [2.75, 3.05) is 5.32 Å². The topological polar surface area (TPSA) is 55.2 Å². The standard InChI is InChI=1S/C14H19FN2O2/c1-10(11-5-3-2-4-6-11)16-13-9-12(15)7-8-14(13)17(18)19/h7-11,16H,2-6H2,1H3. The first-order valence-corrected chi connectivity index (χ1v) is 6.78. The van der Waals surface area contributed by atoms with E-state index in [0.29, 0.717) is 5.92 Å². The van der Waals surface area contributed by atoms with E-state index in [1.807, 2.05) is 6.92 Å². The second-order valence-corrected chi connectivity index (χ2v) is 5.25. The van der Waals surface area contributed by atoms with Crippen molar-refractivity contribution in [2.45, 2.75) is 45.1 Å². The first-order chi connectivity index (χ1) is 9.08. The number of rotatable bonds is 4. The molecule has 1 aliphatic carbocycles. The maximum atomic E-state index is 13.2. The molecular weight excluding hydrogens is 247 g/mol. The molecule has 1 N–H and O–H groups in total. The molecule has 0 bridgehead atoms. The van der Waals surface area contributed by atoms with Gasteiger partial charge >= 0.3 is 0 Å². The largest absolute Gasteiger partial charge is 0.377 e. The summed E-state index contributed by atoms with van der Waals surface area (Å²) in [7, 11) is 0. The summed E-state index contributed by atoms with van der Waals surface area (Å²) >= 11 is 0. The van der Waals surface area contributed by atoms with Crippen molar-refractivity contribution >= 4 is 11.4 Å². The molecule has 1 saturated carbocycles. The van der Waals surface area contributed by atoms with Crippen LogP contribution in [0.2, 0.25) is 0 Å². The molecule has 0 saturated heterocycles. The summed E-state index contributed by atoms with van der Waals surface area (Å²) in [5, 5.41) is 14.1. The molecule has 19 heavy (non-hydrogen) atoms. The SMILES string of the molecule is CC(Nc1cc(F)ccc1[N+](=O)[O-])C1CCCCC1. The highest BCUT2D eigenvalue weighted by Gasteiger charge is 2.23. The third kappa shape index (κ3) is 3.43. The summed E-state index contributed by atoms with van der Waals surface area (Å²) in [5.41, 5.74) is 0.215. The van der Waals surface area contributed by atoms with Crippen LogP contribution >= 0.6 is 0 Å². The Bertz CT molecular complexity index is 459. The Morgan fingerprint density at radius 2 is 2.05 bits per heavy atom. The van der Waals surface area contributed by atoms with Gasteiger partial charge in [0, 0.05) is 18.2 Å². The molecule has 0 aliphatic heterocycles. The summed E-state index contributed by atoms with van der Waals surface area (Å²) in [6.45, 7) is 2.02. The van der Waals surface area contributed by atoms with E-state index in [-0.39, 0.29) is 17.4 Å². The lowest BCUT2D eigenvalue weighted by Gasteiger charge is -2.28. The van der Waals surface area contributed by atoms with Crippen LogP contribution in [0.3, 0.4) is 0 Å². The lowest BCUT2D eigenvalue weighted by atomic mass is 9.84. The van der Waals surface area contributed by atoms with Gasteiger partial charge in [-0.25, -0.2) is 4.39 Å². The predicted molar refractivity (Wildman–Crippen MR) is 72.7 cm³/mol. The summed E-state index contributed by atoms with van der Waals surface area (Å²) in [4.78, 5) is 10.5. The Hall–Kier alpha value is -1.65. The molecule has 1 aromatic rings. The Kier molecular flexibility index (Phi) is 4.35. The molecule has 1 unspecified atom stereocenters. The van der Waals surface area contributed by atoms with Gasteiger partial charge in [0.1, 0.15) is 11.5 Å². The van der Waals surface area contributed by atoms with Crippen LogP contribution in [0.1, 0.15) is 39.0 Å². The lowest BCUT2D eigenvalue weighted by molar-refractivity contribution is -0.384. The monoisotopic (exact) mass is 266 g/mol. The van der Waals surface area contributed by atoms with Crippen LogP contribution in [0.5, 0.6) is 0 Å². The highest BCUT2D eigenvalue weighted by molar-refractivity contribution is 5.61. The molecule has 104 valence electrons. The summed E-state index contributed by atoms with van der Waals surface area (Å²) in [6, 6.07) is 3.66. The number of nitro groups is 1. The van der Waals surface area contributed by atoms with E-state index in [1.165, 1.54) is 31.4 Å². The van der Waals surface area contributed by atoms with Gasteiger partial charge in [-0.1, -0.05) is 19.3 Å². The quantitative estimate of drug-likeness (QED) is 0.659. The van der Waals surface area contributed by atoms with Crippen LogP contribution in [0.25, 0.3) is 0 Å². The van der Waals surface area contributed by atoms with Gasteiger partial charge in [0.25, 0.3) is 5.69 Å². The van der Waals surface area contributed by atoms with E-state index in [2.05, 4.69) is 5.32 Å². The first-order valence-electron chi connectivity index (χ1n) is 6.78. The van der Waals surface area contributed by atoms with Crippen molar-refractivity contribution < 1.29 is 9.31 Å². The number of hydrogen-bond acceptors (Lipinski definition) is 3. The predicted octanol–water partition coefficient (Wildman–Crippen LogP) is 4.11. The molecule has 0 spiro atoms. The second-order valence-electron chi connectivity index (χ2n) is 5.25. The lowest BCUT2D eigenvalue weighted by Crippen LogP contribution is -2.28. The molecule has 0 radical (unpaired) electrons.